The Morgan fingerprint density at radius 1 is 1.03 bits per heavy atom. The maximum Gasteiger partial charge on any atom is 0.203 e. The number of thioether (sulfide) groups is 1. The molecule has 0 N–H and O–H groups in total. The largest absolute Gasteiger partial charge is 0.493 e. The Balaban J connectivity index is 1.93. The highest BCUT2D eigenvalue weighted by Gasteiger charge is 2.19. The number of methoxy groups -OCH3 is 3. The predicted molar refractivity (Wildman–Crippen MR) is 112 cm³/mol. The third kappa shape index (κ3) is 4.43. The molecule has 0 spiro atoms. The number of nitrogens with zero attached hydrogens (tertiary/aromatic N) is 3. The van der Waals surface area contributed by atoms with Gasteiger partial charge in [-0.2, -0.15) is 0 Å². The second-order valence-corrected chi connectivity index (χ2v) is 7.34. The molecule has 2 aromatic carbocycles. The second-order valence-electron chi connectivity index (χ2n) is 5.99. The molecule has 0 saturated heterocycles. The lowest BCUT2D eigenvalue weighted by molar-refractivity contribution is 0.324. The smallest absolute Gasteiger partial charge is 0.203 e. The Morgan fingerprint density at radius 3 is 2.28 bits per heavy atom. The Labute approximate surface area is 177 Å². The number of ether oxygens (including phenoxy) is 3. The summed E-state index contributed by atoms with van der Waals surface area (Å²) in [6.45, 7) is 2.68. The van der Waals surface area contributed by atoms with Crippen molar-refractivity contribution >= 4 is 23.4 Å². The van der Waals surface area contributed by atoms with Crippen LogP contribution in [-0.4, -0.2) is 36.1 Å². The lowest BCUT2D eigenvalue weighted by atomic mass is 10.1. The van der Waals surface area contributed by atoms with Crippen molar-refractivity contribution in [3.63, 3.8) is 0 Å². The number of aromatic nitrogens is 3. The van der Waals surface area contributed by atoms with Crippen LogP contribution in [0.3, 0.4) is 0 Å². The van der Waals surface area contributed by atoms with Crippen LogP contribution in [0.2, 0.25) is 5.02 Å². The zero-order valence-corrected chi connectivity index (χ0v) is 18.1. The third-order valence-corrected chi connectivity index (χ3v) is 5.70. The highest BCUT2D eigenvalue weighted by Crippen LogP contribution is 2.41. The van der Waals surface area contributed by atoms with Crippen molar-refractivity contribution in [2.24, 2.45) is 0 Å². The van der Waals surface area contributed by atoms with Gasteiger partial charge in [0.05, 0.1) is 21.3 Å². The Kier molecular flexibility index (Phi) is 6.87. The van der Waals surface area contributed by atoms with Crippen molar-refractivity contribution in [2.75, 3.05) is 21.3 Å². The van der Waals surface area contributed by atoms with E-state index in [1.54, 1.807) is 27.4 Å². The Bertz CT molecular complexity index is 988. The first kappa shape index (κ1) is 21.3. The van der Waals surface area contributed by atoms with Crippen LogP contribution in [-0.2, 0) is 12.3 Å². The lowest BCUT2D eigenvalue weighted by Crippen LogP contribution is -2.01. The van der Waals surface area contributed by atoms with E-state index in [1.165, 1.54) is 23.9 Å². The first-order valence-corrected chi connectivity index (χ1v) is 10.2. The number of halogens is 2. The molecule has 6 nitrogen and oxygen atoms in total. The van der Waals surface area contributed by atoms with Gasteiger partial charge in [-0.05, 0) is 36.8 Å². The van der Waals surface area contributed by atoms with Gasteiger partial charge in [0.2, 0.25) is 5.75 Å². The summed E-state index contributed by atoms with van der Waals surface area (Å²) >= 11 is 7.61. The van der Waals surface area contributed by atoms with Gasteiger partial charge in [0, 0.05) is 22.9 Å². The fraction of sp³-hybridized carbons (Fsp3) is 0.300. The standard InChI is InChI=1S/C20H21ClFN3O3S/c1-5-25-19(13-8-16(26-2)18(28-4)17(9-13)27-3)23-24-20(25)29-11-12-6-7-14(22)10-15(12)21/h6-10H,5,11H2,1-4H3. The van der Waals surface area contributed by atoms with E-state index in [0.717, 1.165) is 16.3 Å². The average molecular weight is 438 g/mol. The van der Waals surface area contributed by atoms with E-state index in [1.807, 2.05) is 23.6 Å². The van der Waals surface area contributed by atoms with Crippen LogP contribution in [0.4, 0.5) is 4.39 Å². The summed E-state index contributed by atoms with van der Waals surface area (Å²) in [6, 6.07) is 8.06. The molecule has 0 aliphatic rings. The highest BCUT2D eigenvalue weighted by atomic mass is 35.5. The molecular weight excluding hydrogens is 417 g/mol. The van der Waals surface area contributed by atoms with E-state index in [2.05, 4.69) is 10.2 Å². The molecule has 29 heavy (non-hydrogen) atoms. The molecule has 0 atom stereocenters. The van der Waals surface area contributed by atoms with E-state index in [0.29, 0.717) is 40.4 Å². The molecule has 0 bridgehead atoms. The van der Waals surface area contributed by atoms with Gasteiger partial charge in [-0.25, -0.2) is 4.39 Å². The van der Waals surface area contributed by atoms with Crippen LogP contribution in [0.5, 0.6) is 17.2 Å². The molecule has 0 amide bonds. The maximum absolute atomic E-state index is 13.3. The number of rotatable bonds is 8. The van der Waals surface area contributed by atoms with Gasteiger partial charge in [-0.3, -0.25) is 0 Å². The zero-order valence-electron chi connectivity index (χ0n) is 16.5. The van der Waals surface area contributed by atoms with Gasteiger partial charge < -0.3 is 18.8 Å². The highest BCUT2D eigenvalue weighted by molar-refractivity contribution is 7.98. The normalized spacial score (nSPS) is 10.8. The minimum absolute atomic E-state index is 0.356. The molecule has 0 aliphatic carbocycles. The zero-order chi connectivity index (χ0) is 21.0. The molecule has 3 aromatic rings. The summed E-state index contributed by atoms with van der Waals surface area (Å²) in [6.07, 6.45) is 0. The molecule has 9 heteroatoms. The van der Waals surface area contributed by atoms with Crippen LogP contribution in [0, 0.1) is 5.82 Å². The second kappa shape index (κ2) is 9.37. The van der Waals surface area contributed by atoms with Crippen LogP contribution in [0.25, 0.3) is 11.4 Å². The monoisotopic (exact) mass is 437 g/mol. The summed E-state index contributed by atoms with van der Waals surface area (Å²) < 4.78 is 31.5. The summed E-state index contributed by atoms with van der Waals surface area (Å²) in [4.78, 5) is 0. The summed E-state index contributed by atoms with van der Waals surface area (Å²) in [5.74, 6) is 2.47. The first-order chi connectivity index (χ1) is 14.0. The third-order valence-electron chi connectivity index (χ3n) is 4.33. The fourth-order valence-electron chi connectivity index (χ4n) is 2.89. The van der Waals surface area contributed by atoms with Gasteiger partial charge >= 0.3 is 0 Å². The summed E-state index contributed by atoms with van der Waals surface area (Å²) in [7, 11) is 4.70. The van der Waals surface area contributed by atoms with E-state index < -0.39 is 0 Å². The molecule has 154 valence electrons. The van der Waals surface area contributed by atoms with Gasteiger partial charge in [-0.15, -0.1) is 10.2 Å². The van der Waals surface area contributed by atoms with E-state index >= 15 is 0 Å². The number of benzene rings is 2. The number of hydrogen-bond acceptors (Lipinski definition) is 6. The van der Waals surface area contributed by atoms with Gasteiger partial charge in [-0.1, -0.05) is 29.4 Å². The summed E-state index contributed by atoms with van der Waals surface area (Å²) in [5, 5.41) is 9.81. The van der Waals surface area contributed by atoms with Crippen molar-refractivity contribution < 1.29 is 18.6 Å². The Morgan fingerprint density at radius 2 is 1.72 bits per heavy atom. The maximum atomic E-state index is 13.3. The molecule has 0 saturated carbocycles. The lowest BCUT2D eigenvalue weighted by Gasteiger charge is -2.14. The van der Waals surface area contributed by atoms with Crippen LogP contribution < -0.4 is 14.2 Å². The first-order valence-electron chi connectivity index (χ1n) is 8.82. The van der Waals surface area contributed by atoms with E-state index in [9.17, 15) is 4.39 Å². The van der Waals surface area contributed by atoms with E-state index in [4.69, 9.17) is 25.8 Å². The van der Waals surface area contributed by atoms with Gasteiger partial charge in [0.15, 0.2) is 22.5 Å². The van der Waals surface area contributed by atoms with Crippen molar-refractivity contribution in [2.45, 2.75) is 24.4 Å². The van der Waals surface area contributed by atoms with Crippen LogP contribution in [0.1, 0.15) is 12.5 Å². The summed E-state index contributed by atoms with van der Waals surface area (Å²) in [5.41, 5.74) is 1.62. The van der Waals surface area contributed by atoms with Crippen LogP contribution >= 0.6 is 23.4 Å². The van der Waals surface area contributed by atoms with Crippen LogP contribution in [0.15, 0.2) is 35.5 Å². The van der Waals surface area contributed by atoms with E-state index in [-0.39, 0.29) is 5.82 Å². The van der Waals surface area contributed by atoms with Gasteiger partial charge in [0.25, 0.3) is 0 Å². The molecule has 1 aromatic heterocycles. The fourth-order valence-corrected chi connectivity index (χ4v) is 4.20. The molecule has 0 unspecified atom stereocenters. The minimum Gasteiger partial charge on any atom is -0.493 e. The quantitative estimate of drug-likeness (QED) is 0.458. The van der Waals surface area contributed by atoms with Crippen molar-refractivity contribution in [1.82, 2.24) is 14.8 Å². The minimum atomic E-state index is -0.356. The predicted octanol–water partition coefficient (Wildman–Crippen LogP) is 5.08. The molecule has 3 rings (SSSR count). The molecule has 1 heterocycles. The molecular formula is C20H21ClFN3O3S. The molecule has 0 fully saturated rings. The van der Waals surface area contributed by atoms with Crippen molar-refractivity contribution in [1.29, 1.82) is 0 Å². The van der Waals surface area contributed by atoms with Gasteiger partial charge in [0.1, 0.15) is 5.82 Å². The van der Waals surface area contributed by atoms with Crippen molar-refractivity contribution in [3.8, 4) is 28.6 Å². The average Bonchev–Trinajstić information content (AvgIpc) is 3.14. The Hall–Kier alpha value is -2.45. The topological polar surface area (TPSA) is 58.4 Å². The number of hydrogen-bond donors (Lipinski definition) is 0. The molecule has 0 radical (unpaired) electrons. The van der Waals surface area contributed by atoms with Crippen molar-refractivity contribution in [3.05, 3.63) is 46.7 Å². The SMILES string of the molecule is CCn1c(SCc2ccc(F)cc2Cl)nnc1-c1cc(OC)c(OC)c(OC)c1. The molecule has 0 aliphatic heterocycles.